The quantitative estimate of drug-likeness (QED) is 0.444. The fourth-order valence-corrected chi connectivity index (χ4v) is 4.11. The minimum atomic E-state index is -4.35. The van der Waals surface area contributed by atoms with Gasteiger partial charge in [0, 0.05) is 24.0 Å². The molecule has 2 aromatic carbocycles. The maximum absolute atomic E-state index is 12.6. The zero-order valence-electron chi connectivity index (χ0n) is 17.7. The fourth-order valence-electron chi connectivity index (χ4n) is 4.11. The predicted molar refractivity (Wildman–Crippen MR) is 121 cm³/mol. The minimum absolute atomic E-state index is 0.186. The van der Waals surface area contributed by atoms with Crippen LogP contribution in [0.2, 0.25) is 0 Å². The first-order chi connectivity index (χ1) is 15.4. The molecule has 1 heterocycles. The molecule has 0 unspecified atom stereocenters. The molecule has 0 saturated heterocycles. The topological polar surface area (TPSA) is 54.0 Å². The van der Waals surface area contributed by atoms with Crippen molar-refractivity contribution in [2.45, 2.75) is 44.7 Å². The molecule has 4 nitrogen and oxygen atoms in total. The van der Waals surface area contributed by atoms with Crippen molar-refractivity contribution in [3.05, 3.63) is 65.7 Å². The van der Waals surface area contributed by atoms with E-state index < -0.39 is 11.7 Å². The van der Waals surface area contributed by atoms with Crippen molar-refractivity contribution < 1.29 is 18.0 Å². The van der Waals surface area contributed by atoms with Crippen LogP contribution in [0, 0.1) is 5.92 Å². The van der Waals surface area contributed by atoms with E-state index in [4.69, 9.17) is 0 Å². The Balaban J connectivity index is 1.31. The van der Waals surface area contributed by atoms with Crippen molar-refractivity contribution in [1.29, 1.82) is 0 Å². The summed E-state index contributed by atoms with van der Waals surface area (Å²) in [6.07, 6.45) is 1.39. The molecule has 0 radical (unpaired) electrons. The Morgan fingerprint density at radius 1 is 1.00 bits per heavy atom. The molecule has 7 heteroatoms. The van der Waals surface area contributed by atoms with Gasteiger partial charge in [-0.15, -0.1) is 0 Å². The highest BCUT2D eigenvalue weighted by Crippen LogP contribution is 2.29. The molecule has 0 bridgehead atoms. The van der Waals surface area contributed by atoms with Gasteiger partial charge in [0.1, 0.15) is 5.82 Å². The lowest BCUT2D eigenvalue weighted by molar-refractivity contribution is -0.137. The number of amides is 1. The van der Waals surface area contributed by atoms with Crippen LogP contribution in [0.3, 0.4) is 0 Å². The van der Waals surface area contributed by atoms with Gasteiger partial charge in [-0.3, -0.25) is 4.79 Å². The first-order valence-electron chi connectivity index (χ1n) is 11.0. The van der Waals surface area contributed by atoms with Crippen molar-refractivity contribution in [3.63, 3.8) is 0 Å². The van der Waals surface area contributed by atoms with Crippen LogP contribution in [-0.2, 0) is 17.4 Å². The number of alkyl halides is 3. The molecule has 0 spiro atoms. The average Bonchev–Trinajstić information content (AvgIpc) is 3.30. The third-order valence-corrected chi connectivity index (χ3v) is 5.94. The number of nitrogens with zero attached hydrogens (tertiary/aromatic N) is 1. The van der Waals surface area contributed by atoms with E-state index in [0.717, 1.165) is 41.3 Å². The van der Waals surface area contributed by atoms with E-state index in [1.807, 2.05) is 30.3 Å². The van der Waals surface area contributed by atoms with Crippen LogP contribution < -0.4 is 10.6 Å². The van der Waals surface area contributed by atoms with Crippen LogP contribution in [-0.4, -0.2) is 17.4 Å². The highest BCUT2D eigenvalue weighted by atomic mass is 19.4. The zero-order chi connectivity index (χ0) is 22.6. The summed E-state index contributed by atoms with van der Waals surface area (Å²) in [5.41, 5.74) is 1.52. The number of aryl methyl sites for hydroxylation is 1. The minimum Gasteiger partial charge on any atom is -0.370 e. The number of benzene rings is 2. The highest BCUT2D eigenvalue weighted by molar-refractivity contribution is 5.94. The first kappa shape index (κ1) is 22.1. The summed E-state index contributed by atoms with van der Waals surface area (Å²) < 4.78 is 37.9. The number of anilines is 2. The molecule has 1 aromatic heterocycles. The van der Waals surface area contributed by atoms with Crippen LogP contribution in [0.15, 0.2) is 54.6 Å². The molecule has 1 saturated carbocycles. The van der Waals surface area contributed by atoms with Crippen molar-refractivity contribution in [2.24, 2.45) is 5.92 Å². The number of fused-ring (bicyclic) bond motifs is 1. The Labute approximate surface area is 185 Å². The molecule has 0 aliphatic heterocycles. The molecule has 168 valence electrons. The van der Waals surface area contributed by atoms with Crippen molar-refractivity contribution in [3.8, 4) is 0 Å². The van der Waals surface area contributed by atoms with Gasteiger partial charge in [-0.1, -0.05) is 25.0 Å². The third kappa shape index (κ3) is 5.78. The molecule has 1 fully saturated rings. The highest BCUT2D eigenvalue weighted by Gasteiger charge is 2.29. The van der Waals surface area contributed by atoms with Gasteiger partial charge in [0.05, 0.1) is 11.1 Å². The van der Waals surface area contributed by atoms with Gasteiger partial charge in [0.25, 0.3) is 0 Å². The van der Waals surface area contributed by atoms with E-state index in [-0.39, 0.29) is 12.3 Å². The number of hydrogen-bond donors (Lipinski definition) is 2. The lowest BCUT2D eigenvalue weighted by Crippen LogP contribution is -2.13. The van der Waals surface area contributed by atoms with E-state index in [2.05, 4.69) is 15.6 Å². The Morgan fingerprint density at radius 2 is 1.75 bits per heavy atom. The van der Waals surface area contributed by atoms with Gasteiger partial charge in [0.15, 0.2) is 0 Å². The first-order valence-corrected chi connectivity index (χ1v) is 11.0. The molecule has 3 aromatic rings. The smallest absolute Gasteiger partial charge is 0.370 e. The molecule has 2 N–H and O–H groups in total. The largest absolute Gasteiger partial charge is 0.416 e. The Bertz CT molecular complexity index is 1070. The van der Waals surface area contributed by atoms with Crippen LogP contribution in [0.25, 0.3) is 10.9 Å². The summed E-state index contributed by atoms with van der Waals surface area (Å²) in [6, 6.07) is 14.4. The Hall–Kier alpha value is -3.09. The monoisotopic (exact) mass is 441 g/mol. The summed E-state index contributed by atoms with van der Waals surface area (Å²) >= 11 is 0. The molecular weight excluding hydrogens is 415 g/mol. The number of nitrogens with one attached hydrogen (secondary N) is 2. The number of halogens is 3. The van der Waals surface area contributed by atoms with E-state index >= 15 is 0 Å². The SMILES string of the molecule is O=C(CCc1ccc(C(F)(F)F)cc1)Nc1ccc2nc(NCC3CCCC3)ccc2c1. The lowest BCUT2D eigenvalue weighted by Gasteiger charge is -2.12. The summed E-state index contributed by atoms with van der Waals surface area (Å²) in [5.74, 6) is 1.40. The lowest BCUT2D eigenvalue weighted by atomic mass is 10.1. The molecular formula is C25H26F3N3O. The Morgan fingerprint density at radius 3 is 2.47 bits per heavy atom. The summed E-state index contributed by atoms with van der Waals surface area (Å²) in [5, 5.41) is 7.21. The number of hydrogen-bond acceptors (Lipinski definition) is 3. The van der Waals surface area contributed by atoms with Gasteiger partial charge in [-0.05, 0) is 73.2 Å². The van der Waals surface area contributed by atoms with Gasteiger partial charge < -0.3 is 10.6 Å². The second kappa shape index (κ2) is 9.59. The molecule has 32 heavy (non-hydrogen) atoms. The number of carbonyl (C=O) groups is 1. The number of rotatable bonds is 7. The zero-order valence-corrected chi connectivity index (χ0v) is 17.7. The van der Waals surface area contributed by atoms with E-state index in [1.165, 1.54) is 37.8 Å². The Kier molecular flexibility index (Phi) is 6.63. The number of carbonyl (C=O) groups excluding carboxylic acids is 1. The second-order valence-corrected chi connectivity index (χ2v) is 8.38. The van der Waals surface area contributed by atoms with Crippen LogP contribution >= 0.6 is 0 Å². The summed E-state index contributed by atoms with van der Waals surface area (Å²) in [7, 11) is 0. The summed E-state index contributed by atoms with van der Waals surface area (Å²) in [6.45, 7) is 0.950. The predicted octanol–water partition coefficient (Wildman–Crippen LogP) is 6.43. The van der Waals surface area contributed by atoms with Crippen LogP contribution in [0.4, 0.5) is 24.7 Å². The van der Waals surface area contributed by atoms with Gasteiger partial charge in [0.2, 0.25) is 5.91 Å². The molecule has 1 amide bonds. The van der Waals surface area contributed by atoms with E-state index in [1.54, 1.807) is 0 Å². The molecule has 1 aliphatic rings. The third-order valence-electron chi connectivity index (χ3n) is 5.94. The maximum atomic E-state index is 12.6. The average molecular weight is 441 g/mol. The maximum Gasteiger partial charge on any atom is 0.416 e. The summed E-state index contributed by atoms with van der Waals surface area (Å²) in [4.78, 5) is 16.9. The van der Waals surface area contributed by atoms with Crippen molar-refractivity contribution >= 4 is 28.3 Å². The van der Waals surface area contributed by atoms with E-state index in [0.29, 0.717) is 17.7 Å². The van der Waals surface area contributed by atoms with E-state index in [9.17, 15) is 18.0 Å². The normalized spacial score (nSPS) is 14.6. The van der Waals surface area contributed by atoms with Gasteiger partial charge in [-0.2, -0.15) is 13.2 Å². The molecule has 0 atom stereocenters. The van der Waals surface area contributed by atoms with Crippen LogP contribution in [0.1, 0.15) is 43.2 Å². The van der Waals surface area contributed by atoms with Crippen molar-refractivity contribution in [2.75, 3.05) is 17.2 Å². The fraction of sp³-hybridized carbons (Fsp3) is 0.360. The standard InChI is InChI=1S/C25H26F3N3O/c26-25(27,28)20-9-5-17(6-10-20)7-14-24(32)30-21-11-12-22-19(15-21)8-13-23(31-22)29-16-18-3-1-2-4-18/h5-6,8-13,15,18H,1-4,7,14,16H2,(H,29,31)(H,30,32). The number of pyridine rings is 1. The van der Waals surface area contributed by atoms with Crippen molar-refractivity contribution in [1.82, 2.24) is 4.98 Å². The van der Waals surface area contributed by atoms with Gasteiger partial charge in [-0.25, -0.2) is 4.98 Å². The van der Waals surface area contributed by atoms with Gasteiger partial charge >= 0.3 is 6.18 Å². The van der Waals surface area contributed by atoms with Crippen LogP contribution in [0.5, 0.6) is 0 Å². The molecule has 4 rings (SSSR count). The molecule has 1 aliphatic carbocycles. The number of aromatic nitrogens is 1. The second-order valence-electron chi connectivity index (χ2n) is 8.38.